The zero-order valence-electron chi connectivity index (χ0n) is 21.7. The highest BCUT2D eigenvalue weighted by atomic mass is 16.7. The van der Waals surface area contributed by atoms with Crippen LogP contribution in [0.4, 0.5) is 0 Å². The summed E-state index contributed by atoms with van der Waals surface area (Å²) < 4.78 is 20.7. The minimum absolute atomic E-state index is 0.323. The molecular weight excluding hydrogens is 471 g/mol. The van der Waals surface area contributed by atoms with E-state index in [-0.39, 0.29) is 0 Å². The smallest absolute Gasteiger partial charge is 0.423 e. The molecule has 0 amide bonds. The lowest BCUT2D eigenvalue weighted by Gasteiger charge is -2.07. The van der Waals surface area contributed by atoms with E-state index in [0.717, 1.165) is 35.8 Å². The van der Waals surface area contributed by atoms with Gasteiger partial charge in [-0.1, -0.05) is 72.8 Å². The number of rotatable bonds is 15. The van der Waals surface area contributed by atoms with Gasteiger partial charge in [-0.25, -0.2) is 0 Å². The van der Waals surface area contributed by atoms with E-state index in [9.17, 15) is 4.79 Å². The zero-order valence-corrected chi connectivity index (χ0v) is 21.7. The van der Waals surface area contributed by atoms with Gasteiger partial charge in [-0.3, -0.25) is 4.79 Å². The first-order valence-corrected chi connectivity index (χ1v) is 12.5. The number of carbonyl (C=O) groups is 1. The fraction of sp³-hybridized carbons (Fsp3) is 0.345. The third-order valence-electron chi connectivity index (χ3n) is 5.44. The lowest BCUT2D eigenvalue weighted by molar-refractivity contribution is -0.0483. The molecule has 0 bridgehead atoms. The molecular formula is C29H37BO7. The van der Waals surface area contributed by atoms with Crippen molar-refractivity contribution in [1.82, 2.24) is 0 Å². The second-order valence-electron chi connectivity index (χ2n) is 8.06. The van der Waals surface area contributed by atoms with Gasteiger partial charge >= 0.3 is 7.12 Å². The van der Waals surface area contributed by atoms with Crippen LogP contribution in [0.25, 0.3) is 11.1 Å². The van der Waals surface area contributed by atoms with Crippen LogP contribution in [-0.4, -0.2) is 63.5 Å². The third-order valence-corrected chi connectivity index (χ3v) is 5.44. The van der Waals surface area contributed by atoms with Gasteiger partial charge in [0.25, 0.3) is 0 Å². The molecule has 37 heavy (non-hydrogen) atoms. The standard InChI is InChI=1S/C18H20O3.C11H17BO4/c1-2-20-14-21-12-11-15-7-9-16(10-8-15)18-6-4-3-5-17(18)13-19;1-2-15-9-16-8-7-10-3-5-11(6-4-10)12(13)14/h3-10,13H,2,11-12,14H2,1H3;3-6,13-14H,2,7-9H2,1H3. The zero-order chi connectivity index (χ0) is 26.7. The average Bonchev–Trinajstić information content (AvgIpc) is 2.94. The molecule has 0 heterocycles. The van der Waals surface area contributed by atoms with Gasteiger partial charge in [-0.2, -0.15) is 0 Å². The largest absolute Gasteiger partial charge is 0.488 e. The molecule has 2 N–H and O–H groups in total. The lowest BCUT2D eigenvalue weighted by atomic mass is 9.80. The summed E-state index contributed by atoms with van der Waals surface area (Å²) >= 11 is 0. The number of ether oxygens (including phenoxy) is 4. The topological polar surface area (TPSA) is 94.5 Å². The van der Waals surface area contributed by atoms with E-state index in [1.54, 1.807) is 12.1 Å². The average molecular weight is 508 g/mol. The Kier molecular flexibility index (Phi) is 15.1. The molecule has 7 nitrogen and oxygen atoms in total. The van der Waals surface area contributed by atoms with Crippen LogP contribution in [-0.2, 0) is 31.8 Å². The van der Waals surface area contributed by atoms with Crippen molar-refractivity contribution in [1.29, 1.82) is 0 Å². The summed E-state index contributed by atoms with van der Waals surface area (Å²) in [5, 5.41) is 17.8. The Morgan fingerprint density at radius 1 is 0.703 bits per heavy atom. The maximum Gasteiger partial charge on any atom is 0.488 e. The summed E-state index contributed by atoms with van der Waals surface area (Å²) in [6, 6.07) is 22.9. The summed E-state index contributed by atoms with van der Waals surface area (Å²) in [7, 11) is -1.40. The molecule has 0 saturated heterocycles. The first-order valence-electron chi connectivity index (χ1n) is 12.5. The number of benzene rings is 3. The van der Waals surface area contributed by atoms with Gasteiger partial charge in [0.2, 0.25) is 0 Å². The Balaban J connectivity index is 0.000000271. The second-order valence-corrected chi connectivity index (χ2v) is 8.06. The highest BCUT2D eigenvalue weighted by molar-refractivity contribution is 6.58. The summed E-state index contributed by atoms with van der Waals surface area (Å²) in [5.41, 5.74) is 5.53. The van der Waals surface area contributed by atoms with Crippen LogP contribution in [0.3, 0.4) is 0 Å². The number of hydrogen-bond donors (Lipinski definition) is 2. The van der Waals surface area contributed by atoms with Crippen molar-refractivity contribution < 1.29 is 33.8 Å². The molecule has 0 atom stereocenters. The van der Waals surface area contributed by atoms with Crippen molar-refractivity contribution >= 4 is 18.9 Å². The van der Waals surface area contributed by atoms with Crippen molar-refractivity contribution in [3.63, 3.8) is 0 Å². The summed E-state index contributed by atoms with van der Waals surface area (Å²) in [6.07, 6.45) is 2.53. The van der Waals surface area contributed by atoms with Crippen LogP contribution >= 0.6 is 0 Å². The minimum atomic E-state index is -1.40. The van der Waals surface area contributed by atoms with Crippen LogP contribution in [0.2, 0.25) is 0 Å². The summed E-state index contributed by atoms with van der Waals surface area (Å²) in [6.45, 7) is 7.10. The van der Waals surface area contributed by atoms with Crippen molar-refractivity contribution in [3.8, 4) is 11.1 Å². The molecule has 3 aromatic rings. The van der Waals surface area contributed by atoms with E-state index >= 15 is 0 Å². The molecule has 0 aliphatic carbocycles. The number of hydrogen-bond acceptors (Lipinski definition) is 7. The highest BCUT2D eigenvalue weighted by Gasteiger charge is 2.09. The Labute approximate surface area is 220 Å². The fourth-order valence-corrected chi connectivity index (χ4v) is 3.35. The lowest BCUT2D eigenvalue weighted by Crippen LogP contribution is -2.29. The monoisotopic (exact) mass is 508 g/mol. The Morgan fingerprint density at radius 2 is 1.22 bits per heavy atom. The Bertz CT molecular complexity index is 1010. The number of aldehydes is 1. The van der Waals surface area contributed by atoms with E-state index in [0.29, 0.717) is 51.0 Å². The Hall–Kier alpha value is -2.85. The quantitative estimate of drug-likeness (QED) is 0.140. The normalized spacial score (nSPS) is 10.5. The molecule has 0 radical (unpaired) electrons. The van der Waals surface area contributed by atoms with Gasteiger partial charge in [0.05, 0.1) is 13.2 Å². The first kappa shape index (κ1) is 30.4. The van der Waals surface area contributed by atoms with Crippen LogP contribution in [0.15, 0.2) is 72.8 Å². The SMILES string of the molecule is CCOCOCCc1ccc(-c2ccccc2C=O)cc1.CCOCOCCc1ccc(B(O)O)cc1. The van der Waals surface area contributed by atoms with Gasteiger partial charge in [0.1, 0.15) is 13.6 Å². The highest BCUT2D eigenvalue weighted by Crippen LogP contribution is 2.23. The molecule has 0 fully saturated rings. The van der Waals surface area contributed by atoms with Crippen LogP contribution in [0, 0.1) is 0 Å². The Morgan fingerprint density at radius 3 is 1.70 bits per heavy atom. The van der Waals surface area contributed by atoms with Crippen molar-refractivity contribution in [2.45, 2.75) is 26.7 Å². The van der Waals surface area contributed by atoms with Crippen molar-refractivity contribution in [3.05, 3.63) is 89.5 Å². The van der Waals surface area contributed by atoms with Crippen molar-refractivity contribution in [2.75, 3.05) is 40.0 Å². The second kappa shape index (κ2) is 18.4. The molecule has 0 aromatic heterocycles. The molecule has 198 valence electrons. The molecule has 8 heteroatoms. The maximum absolute atomic E-state index is 11.1. The van der Waals surface area contributed by atoms with Gasteiger partial charge in [-0.15, -0.1) is 0 Å². The molecule has 0 saturated carbocycles. The van der Waals surface area contributed by atoms with E-state index < -0.39 is 7.12 Å². The van der Waals surface area contributed by atoms with Gasteiger partial charge in [0, 0.05) is 18.8 Å². The van der Waals surface area contributed by atoms with Crippen LogP contribution in [0.5, 0.6) is 0 Å². The van der Waals surface area contributed by atoms with Gasteiger partial charge in [0.15, 0.2) is 6.29 Å². The fourth-order valence-electron chi connectivity index (χ4n) is 3.35. The predicted molar refractivity (Wildman–Crippen MR) is 146 cm³/mol. The van der Waals surface area contributed by atoms with Gasteiger partial charge < -0.3 is 29.0 Å². The minimum Gasteiger partial charge on any atom is -0.423 e. The van der Waals surface area contributed by atoms with Crippen molar-refractivity contribution in [2.24, 2.45) is 0 Å². The molecule has 3 aromatic carbocycles. The summed E-state index contributed by atoms with van der Waals surface area (Å²) in [4.78, 5) is 11.1. The van der Waals surface area contributed by atoms with Crippen LogP contribution in [0.1, 0.15) is 35.3 Å². The van der Waals surface area contributed by atoms with E-state index in [2.05, 4.69) is 12.1 Å². The molecule has 0 aliphatic rings. The number of carbonyl (C=O) groups excluding carboxylic acids is 1. The first-order chi connectivity index (χ1) is 18.1. The van der Waals surface area contributed by atoms with E-state index in [1.807, 2.05) is 62.4 Å². The third kappa shape index (κ3) is 11.8. The van der Waals surface area contributed by atoms with Crippen LogP contribution < -0.4 is 5.46 Å². The van der Waals surface area contributed by atoms with E-state index in [4.69, 9.17) is 29.0 Å². The summed E-state index contributed by atoms with van der Waals surface area (Å²) in [5.74, 6) is 0. The molecule has 0 unspecified atom stereocenters. The van der Waals surface area contributed by atoms with E-state index in [1.165, 1.54) is 5.56 Å². The predicted octanol–water partition coefficient (Wildman–Crippen LogP) is 3.64. The molecule has 0 aliphatic heterocycles. The molecule has 3 rings (SSSR count). The maximum atomic E-state index is 11.1. The van der Waals surface area contributed by atoms with Gasteiger partial charge in [-0.05, 0) is 54.4 Å². The molecule has 0 spiro atoms.